The molecule has 0 saturated heterocycles. The van der Waals surface area contributed by atoms with Gasteiger partial charge in [0, 0.05) is 58.6 Å². The number of benzene rings is 13. The molecule has 0 atom stereocenters. The first-order valence-electron chi connectivity index (χ1n) is 28.6. The van der Waals surface area contributed by atoms with Gasteiger partial charge in [-0.15, -0.1) is 11.3 Å². The molecule has 0 spiro atoms. The number of rotatable bonds is 6. The Hall–Kier alpha value is -11.5. The fourth-order valence-electron chi connectivity index (χ4n) is 14.4. The number of hydrogen-bond acceptors (Lipinski definition) is 2. The summed E-state index contributed by atoms with van der Waals surface area (Å²) in [6.45, 7) is 9.98. The zero-order valence-electron chi connectivity index (χ0n) is 45.5. The predicted octanol–water partition coefficient (Wildman–Crippen LogP) is 21.4. The molecule has 0 saturated carbocycles. The summed E-state index contributed by atoms with van der Waals surface area (Å²) >= 11 is 1.79. The first-order valence-corrected chi connectivity index (χ1v) is 29.4. The first-order chi connectivity index (χ1) is 42.2. The number of para-hydroxylation sites is 6. The summed E-state index contributed by atoms with van der Waals surface area (Å²) in [6, 6.07) is 98.3. The third kappa shape index (κ3) is 6.50. The second-order valence-electron chi connectivity index (χ2n) is 22.0. The standard InChI is InChI=1S/C78H44N6S/c1-80-72-73(81-63-34-12-5-25-52(63)53-26-6-13-35-64(53)81)62(46-79)74(82-65-36-14-7-27-54(65)55-28-8-15-37-66(55)82)77(76(72)83-67-38-16-9-29-56(67)57-30-10-17-39-68(57)83)84-69-45-49(51-33-20-24-48-23-19-32-50(71(48)51)47-21-3-2-4-22-47)41-42-58(69)60-43-44-61-59-31-11-18-40-70(59)85-78(61)75(60)84/h2-45H. The fraction of sp³-hybridized carbons (Fsp3) is 0. The molecule has 0 amide bonds. The highest BCUT2D eigenvalue weighted by Gasteiger charge is 2.35. The van der Waals surface area contributed by atoms with Crippen LogP contribution in [0.3, 0.4) is 0 Å². The molecule has 0 aliphatic heterocycles. The molecule has 0 unspecified atom stereocenters. The highest BCUT2D eigenvalue weighted by molar-refractivity contribution is 7.26. The number of hydrogen-bond donors (Lipinski definition) is 0. The molecule has 392 valence electrons. The zero-order chi connectivity index (χ0) is 56.0. The van der Waals surface area contributed by atoms with Crippen molar-refractivity contribution in [3.05, 3.63) is 284 Å². The first kappa shape index (κ1) is 47.2. The van der Waals surface area contributed by atoms with E-state index in [-0.39, 0.29) is 0 Å². The summed E-state index contributed by atoms with van der Waals surface area (Å²) in [5, 5.41) is 25.9. The van der Waals surface area contributed by atoms with Crippen molar-refractivity contribution >= 4 is 135 Å². The van der Waals surface area contributed by atoms with Crippen LogP contribution in [0, 0.1) is 17.9 Å². The number of fused-ring (bicyclic) bond motifs is 17. The topological polar surface area (TPSA) is 47.9 Å². The van der Waals surface area contributed by atoms with Crippen LogP contribution in [0.1, 0.15) is 5.56 Å². The van der Waals surface area contributed by atoms with Crippen molar-refractivity contribution < 1.29 is 0 Å². The van der Waals surface area contributed by atoms with E-state index in [0.717, 1.165) is 131 Å². The van der Waals surface area contributed by atoms with Crippen LogP contribution < -0.4 is 0 Å². The Bertz CT molecular complexity index is 5690. The molecule has 7 heteroatoms. The summed E-state index contributed by atoms with van der Waals surface area (Å²) < 4.78 is 11.6. The lowest BCUT2D eigenvalue weighted by molar-refractivity contribution is 1.04. The van der Waals surface area contributed by atoms with Crippen molar-refractivity contribution in [3.63, 3.8) is 0 Å². The van der Waals surface area contributed by atoms with Crippen LogP contribution in [-0.4, -0.2) is 18.3 Å². The quantitative estimate of drug-likeness (QED) is 0.153. The highest BCUT2D eigenvalue weighted by Crippen LogP contribution is 2.54. The Kier molecular flexibility index (Phi) is 10.00. The Labute approximate surface area is 490 Å². The van der Waals surface area contributed by atoms with Crippen molar-refractivity contribution in [1.29, 1.82) is 5.26 Å². The van der Waals surface area contributed by atoms with Crippen molar-refractivity contribution in [2.45, 2.75) is 0 Å². The van der Waals surface area contributed by atoms with Gasteiger partial charge in [-0.3, -0.25) is 0 Å². The summed E-state index contributed by atoms with van der Waals surface area (Å²) in [5.74, 6) is 0. The molecular weight excluding hydrogens is 1050 g/mol. The van der Waals surface area contributed by atoms with Crippen LogP contribution in [-0.2, 0) is 0 Å². The highest BCUT2D eigenvalue weighted by atomic mass is 32.1. The van der Waals surface area contributed by atoms with Gasteiger partial charge >= 0.3 is 0 Å². The van der Waals surface area contributed by atoms with E-state index in [1.54, 1.807) is 11.3 Å². The predicted molar refractivity (Wildman–Crippen MR) is 356 cm³/mol. The number of nitriles is 1. The van der Waals surface area contributed by atoms with Gasteiger partial charge in [0.15, 0.2) is 0 Å². The third-order valence-electron chi connectivity index (χ3n) is 17.8. The van der Waals surface area contributed by atoms with Gasteiger partial charge in [0.25, 0.3) is 0 Å². The van der Waals surface area contributed by atoms with Crippen LogP contribution in [0.5, 0.6) is 0 Å². The van der Waals surface area contributed by atoms with Gasteiger partial charge in [-0.25, -0.2) is 4.85 Å². The molecule has 0 aliphatic rings. The molecular formula is C78H44N6S. The molecule has 6 nitrogen and oxygen atoms in total. The molecule has 5 aromatic heterocycles. The van der Waals surface area contributed by atoms with E-state index in [0.29, 0.717) is 28.3 Å². The monoisotopic (exact) mass is 1100 g/mol. The molecule has 18 rings (SSSR count). The molecule has 5 heterocycles. The number of aromatic nitrogens is 4. The maximum atomic E-state index is 12.8. The van der Waals surface area contributed by atoms with Crippen molar-refractivity contribution in [2.24, 2.45) is 0 Å². The normalized spacial score (nSPS) is 12.0. The summed E-state index contributed by atoms with van der Waals surface area (Å²) in [6.07, 6.45) is 0. The van der Waals surface area contributed by atoms with Gasteiger partial charge in [0.2, 0.25) is 5.69 Å². The maximum Gasteiger partial charge on any atom is 0.237 e. The van der Waals surface area contributed by atoms with Gasteiger partial charge in [0.1, 0.15) is 6.07 Å². The van der Waals surface area contributed by atoms with Crippen LogP contribution in [0.15, 0.2) is 267 Å². The number of thiophene rings is 1. The van der Waals surface area contributed by atoms with Gasteiger partial charge in [-0.2, -0.15) is 5.26 Å². The van der Waals surface area contributed by atoms with E-state index in [4.69, 9.17) is 4.85 Å². The van der Waals surface area contributed by atoms with E-state index in [9.17, 15) is 11.8 Å². The Morgan fingerprint density at radius 1 is 0.341 bits per heavy atom. The summed E-state index contributed by atoms with van der Waals surface area (Å²) in [4.78, 5) is 4.87. The van der Waals surface area contributed by atoms with E-state index in [2.05, 4.69) is 291 Å². The second kappa shape index (κ2) is 18.0. The van der Waals surface area contributed by atoms with E-state index in [1.807, 2.05) is 0 Å². The smallest absolute Gasteiger partial charge is 0.237 e. The van der Waals surface area contributed by atoms with Crippen LogP contribution >= 0.6 is 11.3 Å². The van der Waals surface area contributed by atoms with Crippen LogP contribution in [0.25, 0.3) is 168 Å². The summed E-state index contributed by atoms with van der Waals surface area (Å²) in [7, 11) is 0. The molecule has 0 bridgehead atoms. The Morgan fingerprint density at radius 3 is 1.31 bits per heavy atom. The van der Waals surface area contributed by atoms with Gasteiger partial charge in [-0.1, -0.05) is 218 Å². The second-order valence-corrected chi connectivity index (χ2v) is 23.1. The molecule has 13 aromatic carbocycles. The van der Waals surface area contributed by atoms with Gasteiger partial charge < -0.3 is 18.3 Å². The van der Waals surface area contributed by atoms with Crippen LogP contribution in [0.4, 0.5) is 5.69 Å². The lowest BCUT2D eigenvalue weighted by Crippen LogP contribution is -2.14. The lowest BCUT2D eigenvalue weighted by atomic mass is 9.91. The van der Waals surface area contributed by atoms with Crippen molar-refractivity contribution in [3.8, 4) is 51.1 Å². The molecule has 85 heavy (non-hydrogen) atoms. The average Bonchev–Trinajstić information content (AvgIpc) is 1.88. The largest absolute Gasteiger partial charge is 0.318 e. The molecule has 0 aliphatic carbocycles. The molecule has 0 N–H and O–H groups in total. The lowest BCUT2D eigenvalue weighted by Gasteiger charge is -2.27. The maximum absolute atomic E-state index is 12.8. The van der Waals surface area contributed by atoms with Crippen molar-refractivity contribution in [2.75, 3.05) is 0 Å². The molecule has 0 radical (unpaired) electrons. The molecule has 18 aromatic rings. The minimum Gasteiger partial charge on any atom is -0.318 e. The minimum absolute atomic E-state index is 0.352. The van der Waals surface area contributed by atoms with E-state index >= 15 is 0 Å². The van der Waals surface area contributed by atoms with Gasteiger partial charge in [-0.05, 0) is 81.6 Å². The average molecular weight is 1100 g/mol. The van der Waals surface area contributed by atoms with E-state index < -0.39 is 0 Å². The number of nitrogens with zero attached hydrogens (tertiary/aromatic N) is 6. The molecule has 0 fully saturated rings. The summed E-state index contributed by atoms with van der Waals surface area (Å²) in [5.41, 5.74) is 15.3. The van der Waals surface area contributed by atoms with Crippen LogP contribution in [0.2, 0.25) is 0 Å². The Balaban J connectivity index is 1.14. The van der Waals surface area contributed by atoms with Gasteiger partial charge in [0.05, 0.1) is 83.7 Å². The third-order valence-corrected chi connectivity index (χ3v) is 19.0. The van der Waals surface area contributed by atoms with Crippen molar-refractivity contribution in [1.82, 2.24) is 18.3 Å². The zero-order valence-corrected chi connectivity index (χ0v) is 46.3. The fourth-order valence-corrected chi connectivity index (χ4v) is 15.6. The van der Waals surface area contributed by atoms with E-state index in [1.165, 1.54) is 15.5 Å². The Morgan fingerprint density at radius 2 is 0.776 bits per heavy atom. The SMILES string of the molecule is [C-]#[N+]c1c(-n2c3ccccc3c3ccccc32)c(C#N)c(-n2c3ccccc3c3ccccc32)c(-n2c3cc(-c4cccc5cccc(-c6ccccc6)c45)ccc3c3ccc4c5ccccc5sc4c32)c1-n1c2ccccc2c2ccccc21. The minimum atomic E-state index is 0.352.